The second-order valence-corrected chi connectivity index (χ2v) is 6.88. The van der Waals surface area contributed by atoms with Gasteiger partial charge in [-0.25, -0.2) is 0 Å². The molecule has 0 radical (unpaired) electrons. The highest BCUT2D eigenvalue weighted by Gasteiger charge is 2.18. The molecule has 0 bridgehead atoms. The molecular formula is C18H37N. The van der Waals surface area contributed by atoms with E-state index in [1.165, 1.54) is 83.7 Å². The zero-order chi connectivity index (χ0) is 13.9. The molecule has 0 aromatic carbocycles. The summed E-state index contributed by atoms with van der Waals surface area (Å²) in [4.78, 5) is 2.57. The van der Waals surface area contributed by atoms with Gasteiger partial charge in [-0.05, 0) is 44.8 Å². The van der Waals surface area contributed by atoms with E-state index in [9.17, 15) is 0 Å². The predicted molar refractivity (Wildman–Crippen MR) is 86.6 cm³/mol. The first-order valence-electron chi connectivity index (χ1n) is 8.92. The second kappa shape index (κ2) is 10.7. The highest BCUT2D eigenvalue weighted by molar-refractivity contribution is 4.71. The van der Waals surface area contributed by atoms with Crippen molar-refractivity contribution >= 4 is 0 Å². The van der Waals surface area contributed by atoms with Gasteiger partial charge in [0, 0.05) is 0 Å². The van der Waals surface area contributed by atoms with Gasteiger partial charge in [-0.1, -0.05) is 71.6 Å². The molecular weight excluding hydrogens is 230 g/mol. The van der Waals surface area contributed by atoms with Gasteiger partial charge in [0.25, 0.3) is 0 Å². The first kappa shape index (κ1) is 17.0. The maximum Gasteiger partial charge on any atom is -0.00190 e. The SMILES string of the molecule is CCCCCCN(C)CCC1CCCCCCC1C. The molecule has 114 valence electrons. The molecule has 0 amide bonds. The van der Waals surface area contributed by atoms with Gasteiger partial charge in [0.15, 0.2) is 0 Å². The monoisotopic (exact) mass is 267 g/mol. The number of hydrogen-bond donors (Lipinski definition) is 0. The van der Waals surface area contributed by atoms with Crippen molar-refractivity contribution in [2.45, 2.75) is 84.5 Å². The minimum atomic E-state index is 0.966. The molecule has 1 fully saturated rings. The maximum absolute atomic E-state index is 2.57. The zero-order valence-corrected chi connectivity index (χ0v) is 13.8. The molecule has 0 saturated heterocycles. The van der Waals surface area contributed by atoms with Crippen LogP contribution < -0.4 is 0 Å². The molecule has 19 heavy (non-hydrogen) atoms. The van der Waals surface area contributed by atoms with Gasteiger partial charge in [0.05, 0.1) is 0 Å². The topological polar surface area (TPSA) is 3.24 Å². The zero-order valence-electron chi connectivity index (χ0n) is 13.8. The van der Waals surface area contributed by atoms with E-state index in [2.05, 4.69) is 25.8 Å². The van der Waals surface area contributed by atoms with Gasteiger partial charge in [-0.3, -0.25) is 0 Å². The predicted octanol–water partition coefficient (Wildman–Crippen LogP) is 5.50. The molecule has 0 spiro atoms. The van der Waals surface area contributed by atoms with Crippen LogP contribution >= 0.6 is 0 Å². The van der Waals surface area contributed by atoms with E-state index in [1.807, 2.05) is 0 Å². The van der Waals surface area contributed by atoms with Crippen LogP contribution in [0.1, 0.15) is 84.5 Å². The Labute approximate surface area is 122 Å². The summed E-state index contributed by atoms with van der Waals surface area (Å²) in [5.74, 6) is 1.96. The summed E-state index contributed by atoms with van der Waals surface area (Å²) in [6, 6.07) is 0. The van der Waals surface area contributed by atoms with E-state index in [0.29, 0.717) is 0 Å². The van der Waals surface area contributed by atoms with Gasteiger partial charge < -0.3 is 4.90 Å². The number of rotatable bonds is 8. The number of hydrogen-bond acceptors (Lipinski definition) is 1. The molecule has 1 aliphatic carbocycles. The van der Waals surface area contributed by atoms with Crippen molar-refractivity contribution in [2.75, 3.05) is 20.1 Å². The summed E-state index contributed by atoms with van der Waals surface area (Å²) in [5, 5.41) is 0. The van der Waals surface area contributed by atoms with E-state index in [0.717, 1.165) is 11.8 Å². The van der Waals surface area contributed by atoms with Crippen LogP contribution in [0.3, 0.4) is 0 Å². The van der Waals surface area contributed by atoms with E-state index >= 15 is 0 Å². The molecule has 0 aliphatic heterocycles. The standard InChI is InChI=1S/C18H37N/c1-4-5-6-11-15-19(3)16-14-18-13-10-8-7-9-12-17(18)2/h17-18H,4-16H2,1-3H3. The van der Waals surface area contributed by atoms with Gasteiger partial charge in [0.2, 0.25) is 0 Å². The molecule has 0 aromatic rings. The minimum absolute atomic E-state index is 0.966. The summed E-state index contributed by atoms with van der Waals surface area (Å²) < 4.78 is 0. The molecule has 1 aliphatic rings. The quantitative estimate of drug-likeness (QED) is 0.525. The Kier molecular flexibility index (Phi) is 9.59. The third-order valence-corrected chi connectivity index (χ3v) is 5.06. The third-order valence-electron chi connectivity index (χ3n) is 5.06. The molecule has 2 atom stereocenters. The van der Waals surface area contributed by atoms with Crippen molar-refractivity contribution in [3.8, 4) is 0 Å². The molecule has 1 rings (SSSR count). The Morgan fingerprint density at radius 2 is 1.63 bits per heavy atom. The first-order valence-corrected chi connectivity index (χ1v) is 8.92. The van der Waals surface area contributed by atoms with Gasteiger partial charge >= 0.3 is 0 Å². The number of nitrogens with zero attached hydrogens (tertiary/aromatic N) is 1. The maximum atomic E-state index is 2.57. The fraction of sp³-hybridized carbons (Fsp3) is 1.00. The first-order chi connectivity index (χ1) is 9.24. The van der Waals surface area contributed by atoms with Crippen LogP contribution in [0.5, 0.6) is 0 Å². The van der Waals surface area contributed by atoms with Crippen LogP contribution in [0.4, 0.5) is 0 Å². The fourth-order valence-electron chi connectivity index (χ4n) is 3.48. The summed E-state index contributed by atoms with van der Waals surface area (Å²) in [7, 11) is 2.32. The fourth-order valence-corrected chi connectivity index (χ4v) is 3.48. The minimum Gasteiger partial charge on any atom is -0.306 e. The average molecular weight is 268 g/mol. The second-order valence-electron chi connectivity index (χ2n) is 6.88. The van der Waals surface area contributed by atoms with Crippen LogP contribution in [0.2, 0.25) is 0 Å². The average Bonchev–Trinajstić information content (AvgIpc) is 2.39. The van der Waals surface area contributed by atoms with Crippen LogP contribution in [-0.4, -0.2) is 25.0 Å². The van der Waals surface area contributed by atoms with Crippen molar-refractivity contribution in [2.24, 2.45) is 11.8 Å². The van der Waals surface area contributed by atoms with Gasteiger partial charge in [0.1, 0.15) is 0 Å². The van der Waals surface area contributed by atoms with Crippen LogP contribution in [0.15, 0.2) is 0 Å². The molecule has 1 heteroatoms. The van der Waals surface area contributed by atoms with Crippen molar-refractivity contribution in [3.63, 3.8) is 0 Å². The summed E-state index contributed by atoms with van der Waals surface area (Å²) >= 11 is 0. The third kappa shape index (κ3) is 7.97. The van der Waals surface area contributed by atoms with Gasteiger partial charge in [-0.2, -0.15) is 0 Å². The van der Waals surface area contributed by atoms with E-state index in [-0.39, 0.29) is 0 Å². The molecule has 0 N–H and O–H groups in total. The van der Waals surface area contributed by atoms with Crippen molar-refractivity contribution in [3.05, 3.63) is 0 Å². The van der Waals surface area contributed by atoms with Crippen molar-refractivity contribution < 1.29 is 0 Å². The molecule has 1 nitrogen and oxygen atoms in total. The lowest BCUT2D eigenvalue weighted by Gasteiger charge is -2.28. The van der Waals surface area contributed by atoms with E-state index in [1.54, 1.807) is 0 Å². The Bertz CT molecular complexity index is 202. The summed E-state index contributed by atoms with van der Waals surface area (Å²) in [6.45, 7) is 7.42. The van der Waals surface area contributed by atoms with Gasteiger partial charge in [-0.15, -0.1) is 0 Å². The highest BCUT2D eigenvalue weighted by atomic mass is 15.1. The van der Waals surface area contributed by atoms with E-state index in [4.69, 9.17) is 0 Å². The van der Waals surface area contributed by atoms with Crippen LogP contribution in [-0.2, 0) is 0 Å². The Morgan fingerprint density at radius 3 is 2.37 bits per heavy atom. The van der Waals surface area contributed by atoms with Crippen molar-refractivity contribution in [1.82, 2.24) is 4.90 Å². The number of unbranched alkanes of at least 4 members (excludes halogenated alkanes) is 3. The van der Waals surface area contributed by atoms with Crippen LogP contribution in [0.25, 0.3) is 0 Å². The summed E-state index contributed by atoms with van der Waals surface area (Å²) in [5.41, 5.74) is 0. The van der Waals surface area contributed by atoms with Crippen molar-refractivity contribution in [1.29, 1.82) is 0 Å². The summed E-state index contributed by atoms with van der Waals surface area (Å²) in [6.07, 6.45) is 15.9. The Balaban J connectivity index is 2.14. The largest absolute Gasteiger partial charge is 0.306 e. The Morgan fingerprint density at radius 1 is 0.895 bits per heavy atom. The normalized spacial score (nSPS) is 25.3. The highest BCUT2D eigenvalue weighted by Crippen LogP contribution is 2.29. The lowest BCUT2D eigenvalue weighted by molar-refractivity contribution is 0.224. The lowest BCUT2D eigenvalue weighted by atomic mass is 9.81. The smallest absolute Gasteiger partial charge is 0.00190 e. The molecule has 1 saturated carbocycles. The molecule has 0 heterocycles. The van der Waals surface area contributed by atoms with Crippen LogP contribution in [0, 0.1) is 11.8 Å². The molecule has 2 unspecified atom stereocenters. The lowest BCUT2D eigenvalue weighted by Crippen LogP contribution is -2.25. The van der Waals surface area contributed by atoms with E-state index < -0.39 is 0 Å². The molecule has 0 aromatic heterocycles. The Hall–Kier alpha value is -0.0400.